The first kappa shape index (κ1) is 18.9. The predicted octanol–water partition coefficient (Wildman–Crippen LogP) is 2.75. The van der Waals surface area contributed by atoms with Gasteiger partial charge in [-0.25, -0.2) is 4.79 Å². The van der Waals surface area contributed by atoms with Gasteiger partial charge in [0.15, 0.2) is 0 Å². The van der Waals surface area contributed by atoms with Crippen LogP contribution in [-0.2, 0) is 19.1 Å². The maximum Gasteiger partial charge on any atom is 0.328 e. The van der Waals surface area contributed by atoms with Crippen molar-refractivity contribution in [1.82, 2.24) is 4.90 Å². The molecule has 0 aromatic heterocycles. The highest BCUT2D eigenvalue weighted by Crippen LogP contribution is 2.33. The molecule has 1 aromatic rings. The van der Waals surface area contributed by atoms with Crippen molar-refractivity contribution in [3.8, 4) is 0 Å². The molecule has 2 aliphatic rings. The van der Waals surface area contributed by atoms with Crippen LogP contribution >= 0.6 is 15.9 Å². The average molecular weight is 423 g/mol. The fourth-order valence-corrected chi connectivity index (χ4v) is 4.20. The van der Waals surface area contributed by atoms with Crippen molar-refractivity contribution < 1.29 is 19.1 Å². The van der Waals surface area contributed by atoms with Gasteiger partial charge in [-0.2, -0.15) is 0 Å². The van der Waals surface area contributed by atoms with Gasteiger partial charge in [0.2, 0.25) is 11.8 Å². The number of carbonyl (C=O) groups excluding carboxylic acids is 3. The second kappa shape index (κ2) is 8.20. The molecule has 6 nitrogen and oxygen atoms in total. The van der Waals surface area contributed by atoms with Gasteiger partial charge in [-0.3, -0.25) is 9.59 Å². The van der Waals surface area contributed by atoms with Crippen LogP contribution < -0.4 is 4.90 Å². The third kappa shape index (κ3) is 3.63. The van der Waals surface area contributed by atoms with Gasteiger partial charge in [-0.1, -0.05) is 12.1 Å². The number of hydrogen-bond donors (Lipinski definition) is 0. The minimum absolute atomic E-state index is 0.199. The highest BCUT2D eigenvalue weighted by molar-refractivity contribution is 9.10. The van der Waals surface area contributed by atoms with Crippen LogP contribution in [0.2, 0.25) is 0 Å². The van der Waals surface area contributed by atoms with E-state index in [1.54, 1.807) is 16.7 Å². The Balaban J connectivity index is 1.76. The van der Waals surface area contributed by atoms with E-state index in [4.69, 9.17) is 4.74 Å². The lowest BCUT2D eigenvalue weighted by atomic mass is 9.98. The van der Waals surface area contributed by atoms with Gasteiger partial charge in [0, 0.05) is 17.6 Å². The summed E-state index contributed by atoms with van der Waals surface area (Å²) in [6.07, 6.45) is 2.79. The van der Waals surface area contributed by atoms with Crippen molar-refractivity contribution in [2.45, 2.75) is 38.6 Å². The zero-order valence-electron chi connectivity index (χ0n) is 14.8. The number of nitrogens with zero attached hydrogens (tertiary/aromatic N) is 2. The minimum Gasteiger partial charge on any atom is -0.464 e. The van der Waals surface area contributed by atoms with Crippen LogP contribution in [-0.4, -0.2) is 48.4 Å². The molecular formula is C19H23BrN2O4. The predicted molar refractivity (Wildman–Crippen MR) is 101 cm³/mol. The van der Waals surface area contributed by atoms with Crippen molar-refractivity contribution in [3.05, 3.63) is 28.7 Å². The number of anilines is 1. The van der Waals surface area contributed by atoms with Gasteiger partial charge >= 0.3 is 5.97 Å². The van der Waals surface area contributed by atoms with Crippen molar-refractivity contribution in [3.63, 3.8) is 0 Å². The van der Waals surface area contributed by atoms with Gasteiger partial charge in [0.1, 0.15) is 12.0 Å². The van der Waals surface area contributed by atoms with E-state index >= 15 is 0 Å². The number of ether oxygens (including phenoxy) is 1. The maximum atomic E-state index is 13.1. The lowest BCUT2D eigenvalue weighted by Gasteiger charge is -2.35. The first-order chi connectivity index (χ1) is 12.5. The van der Waals surface area contributed by atoms with E-state index in [0.717, 1.165) is 23.0 Å². The summed E-state index contributed by atoms with van der Waals surface area (Å²) in [6.45, 7) is 3.04. The molecule has 2 fully saturated rings. The molecule has 2 heterocycles. The van der Waals surface area contributed by atoms with Crippen molar-refractivity contribution in [2.24, 2.45) is 5.92 Å². The number of likely N-dealkylation sites (tertiary alicyclic amines) is 1. The fraction of sp³-hybridized carbons (Fsp3) is 0.526. The quantitative estimate of drug-likeness (QED) is 0.552. The van der Waals surface area contributed by atoms with Crippen LogP contribution in [0, 0.1) is 5.92 Å². The van der Waals surface area contributed by atoms with Crippen molar-refractivity contribution in [2.75, 3.05) is 24.6 Å². The molecule has 0 saturated carbocycles. The average Bonchev–Trinajstić information content (AvgIpc) is 3.03. The number of amides is 2. The third-order valence-electron chi connectivity index (χ3n) is 4.99. The molecule has 26 heavy (non-hydrogen) atoms. The molecule has 140 valence electrons. The monoisotopic (exact) mass is 422 g/mol. The first-order valence-electron chi connectivity index (χ1n) is 9.07. The molecule has 2 atom stereocenters. The van der Waals surface area contributed by atoms with Crippen molar-refractivity contribution in [1.29, 1.82) is 0 Å². The molecular weight excluding hydrogens is 400 g/mol. The molecule has 2 aliphatic heterocycles. The second-order valence-electron chi connectivity index (χ2n) is 6.58. The molecule has 0 aliphatic carbocycles. The topological polar surface area (TPSA) is 66.9 Å². The molecule has 2 saturated heterocycles. The number of carbonyl (C=O) groups is 3. The van der Waals surface area contributed by atoms with E-state index in [2.05, 4.69) is 15.9 Å². The van der Waals surface area contributed by atoms with Crippen LogP contribution in [0.25, 0.3) is 0 Å². The molecule has 7 heteroatoms. The zero-order chi connectivity index (χ0) is 18.7. The zero-order valence-corrected chi connectivity index (χ0v) is 16.4. The Hall–Kier alpha value is -1.89. The number of esters is 1. The standard InChI is InChI=1S/C19H23BrN2O4/c1-2-26-19(25)16-9-5-6-11-21(16)17(23)13-10-12-22(18(13)24)15-8-4-3-7-14(15)20/h3-4,7-8,13,16H,2,5-6,9-12H2,1H3. The lowest BCUT2D eigenvalue weighted by molar-refractivity contribution is -0.159. The van der Waals surface area contributed by atoms with Crippen LogP contribution in [0.5, 0.6) is 0 Å². The summed E-state index contributed by atoms with van der Waals surface area (Å²) in [6, 6.07) is 6.91. The number of benzene rings is 1. The fourth-order valence-electron chi connectivity index (χ4n) is 3.70. The lowest BCUT2D eigenvalue weighted by Crippen LogP contribution is -2.51. The van der Waals surface area contributed by atoms with Crippen molar-refractivity contribution >= 4 is 39.4 Å². The Kier molecular flexibility index (Phi) is 5.96. The van der Waals surface area contributed by atoms with Gasteiger partial charge in [-0.15, -0.1) is 0 Å². The Labute approximate surface area is 161 Å². The van der Waals surface area contributed by atoms with Crippen LogP contribution in [0.15, 0.2) is 28.7 Å². The van der Waals surface area contributed by atoms with Crippen LogP contribution in [0.1, 0.15) is 32.6 Å². The normalized spacial score (nSPS) is 23.2. The number of hydrogen-bond acceptors (Lipinski definition) is 4. The third-order valence-corrected chi connectivity index (χ3v) is 5.66. The minimum atomic E-state index is -0.725. The highest BCUT2D eigenvalue weighted by Gasteiger charge is 2.43. The summed E-state index contributed by atoms with van der Waals surface area (Å²) in [5.41, 5.74) is 0.772. The maximum absolute atomic E-state index is 13.1. The van der Waals surface area contributed by atoms with Crippen LogP contribution in [0.3, 0.4) is 0 Å². The van der Waals surface area contributed by atoms with E-state index in [9.17, 15) is 14.4 Å². The molecule has 0 spiro atoms. The van der Waals surface area contributed by atoms with E-state index in [-0.39, 0.29) is 24.4 Å². The van der Waals surface area contributed by atoms with E-state index in [0.29, 0.717) is 25.9 Å². The number of piperidine rings is 1. The molecule has 0 radical (unpaired) electrons. The van der Waals surface area contributed by atoms with E-state index in [1.807, 2.05) is 24.3 Å². The Bertz CT molecular complexity index is 709. The Morgan fingerprint density at radius 2 is 1.96 bits per heavy atom. The second-order valence-corrected chi connectivity index (χ2v) is 7.43. The summed E-state index contributed by atoms with van der Waals surface area (Å²) >= 11 is 3.46. The molecule has 0 bridgehead atoms. The number of rotatable bonds is 4. The van der Waals surface area contributed by atoms with Gasteiger partial charge in [0.05, 0.1) is 12.3 Å². The SMILES string of the molecule is CCOC(=O)C1CCCCN1C(=O)C1CCN(c2ccccc2Br)C1=O. The van der Waals surface area contributed by atoms with Gasteiger partial charge < -0.3 is 14.5 Å². The van der Waals surface area contributed by atoms with E-state index < -0.39 is 12.0 Å². The Morgan fingerprint density at radius 1 is 1.19 bits per heavy atom. The summed E-state index contributed by atoms with van der Waals surface area (Å²) < 4.78 is 5.95. The summed E-state index contributed by atoms with van der Waals surface area (Å²) in [5.74, 6) is -1.54. The van der Waals surface area contributed by atoms with E-state index in [1.165, 1.54) is 0 Å². The molecule has 1 aromatic carbocycles. The van der Waals surface area contributed by atoms with Crippen LogP contribution in [0.4, 0.5) is 5.69 Å². The highest BCUT2D eigenvalue weighted by atomic mass is 79.9. The number of halogens is 1. The summed E-state index contributed by atoms with van der Waals surface area (Å²) in [7, 11) is 0. The van der Waals surface area contributed by atoms with Gasteiger partial charge in [0.25, 0.3) is 0 Å². The molecule has 2 amide bonds. The first-order valence-corrected chi connectivity index (χ1v) is 9.87. The summed E-state index contributed by atoms with van der Waals surface area (Å²) in [5, 5.41) is 0. The molecule has 2 unspecified atom stereocenters. The largest absolute Gasteiger partial charge is 0.464 e. The van der Waals surface area contributed by atoms with Gasteiger partial charge in [-0.05, 0) is 60.7 Å². The molecule has 0 N–H and O–H groups in total. The smallest absolute Gasteiger partial charge is 0.328 e. The number of para-hydroxylation sites is 1. The Morgan fingerprint density at radius 3 is 2.69 bits per heavy atom. The molecule has 3 rings (SSSR count). The summed E-state index contributed by atoms with van der Waals surface area (Å²) in [4.78, 5) is 41.4.